The second-order valence-electron chi connectivity index (χ2n) is 5.48. The van der Waals surface area contributed by atoms with Crippen molar-refractivity contribution in [2.24, 2.45) is 0 Å². The molecule has 5 heteroatoms. The van der Waals surface area contributed by atoms with Crippen molar-refractivity contribution < 1.29 is 13.6 Å². The Kier molecular flexibility index (Phi) is 3.47. The number of nitrogens with zero attached hydrogens (tertiary/aromatic N) is 1. The number of benzene rings is 1. The number of carbonyl (C=O) groups excluding carboxylic acids is 1. The second kappa shape index (κ2) is 4.79. The van der Waals surface area contributed by atoms with Crippen LogP contribution in [-0.4, -0.2) is 23.9 Å². The van der Waals surface area contributed by atoms with Gasteiger partial charge in [-0.1, -0.05) is 0 Å². The number of amides is 1. The average molecular weight is 268 g/mol. The predicted octanol–water partition coefficient (Wildman–Crippen LogP) is 2.45. The molecule has 0 aromatic heterocycles. The maximum atomic E-state index is 14.0. The van der Waals surface area contributed by atoms with Crippen LogP contribution in [0.15, 0.2) is 12.1 Å². The lowest BCUT2D eigenvalue weighted by Gasteiger charge is -2.30. The first-order valence-corrected chi connectivity index (χ1v) is 6.38. The minimum atomic E-state index is -1.23. The Labute approximate surface area is 111 Å². The minimum absolute atomic E-state index is 0.0168. The Balaban J connectivity index is 2.41. The van der Waals surface area contributed by atoms with Crippen molar-refractivity contribution in [3.63, 3.8) is 0 Å². The van der Waals surface area contributed by atoms with Gasteiger partial charge in [0, 0.05) is 24.3 Å². The van der Waals surface area contributed by atoms with E-state index in [1.807, 2.05) is 0 Å². The molecule has 0 bridgehead atoms. The number of rotatable bonds is 2. The van der Waals surface area contributed by atoms with Gasteiger partial charge in [-0.25, -0.2) is 8.78 Å². The van der Waals surface area contributed by atoms with Gasteiger partial charge in [0.05, 0.1) is 5.41 Å². The molecule has 0 unspecified atom stereocenters. The maximum absolute atomic E-state index is 14.0. The van der Waals surface area contributed by atoms with Crippen molar-refractivity contribution in [2.45, 2.75) is 32.1 Å². The van der Waals surface area contributed by atoms with Crippen molar-refractivity contribution >= 4 is 11.6 Å². The third-order valence-corrected chi connectivity index (χ3v) is 3.62. The van der Waals surface area contributed by atoms with E-state index < -0.39 is 17.0 Å². The quantitative estimate of drug-likeness (QED) is 0.837. The molecule has 1 heterocycles. The Morgan fingerprint density at radius 3 is 2.16 bits per heavy atom. The molecule has 0 saturated carbocycles. The van der Waals surface area contributed by atoms with Gasteiger partial charge in [0.25, 0.3) is 0 Å². The highest BCUT2D eigenvalue weighted by Gasteiger charge is 2.39. The van der Waals surface area contributed by atoms with E-state index in [0.29, 0.717) is 13.1 Å². The Morgan fingerprint density at radius 2 is 1.68 bits per heavy atom. The first kappa shape index (κ1) is 13.8. The highest BCUT2D eigenvalue weighted by Crippen LogP contribution is 2.32. The van der Waals surface area contributed by atoms with Crippen molar-refractivity contribution in [3.05, 3.63) is 29.3 Å². The molecule has 19 heavy (non-hydrogen) atoms. The number of hydrogen-bond donors (Lipinski definition) is 1. The van der Waals surface area contributed by atoms with E-state index in [4.69, 9.17) is 5.73 Å². The van der Waals surface area contributed by atoms with Gasteiger partial charge in [-0.15, -0.1) is 0 Å². The molecule has 2 rings (SSSR count). The smallest absolute Gasteiger partial charge is 0.232 e. The van der Waals surface area contributed by atoms with E-state index in [9.17, 15) is 13.6 Å². The van der Waals surface area contributed by atoms with Gasteiger partial charge < -0.3 is 10.6 Å². The Hall–Kier alpha value is -1.65. The van der Waals surface area contributed by atoms with Crippen LogP contribution in [0, 0.1) is 11.6 Å². The fourth-order valence-corrected chi connectivity index (χ4v) is 2.61. The summed E-state index contributed by atoms with van der Waals surface area (Å²) < 4.78 is 27.9. The lowest BCUT2D eigenvalue weighted by molar-refractivity contribution is -0.135. The number of nitrogen functional groups attached to an aromatic ring is 1. The molecular formula is C14H18F2N2O. The molecule has 2 N–H and O–H groups in total. The monoisotopic (exact) mass is 268 g/mol. The predicted molar refractivity (Wildman–Crippen MR) is 69.6 cm³/mol. The Morgan fingerprint density at radius 1 is 1.21 bits per heavy atom. The minimum Gasteiger partial charge on any atom is -0.399 e. The average Bonchev–Trinajstić information content (AvgIpc) is 2.78. The van der Waals surface area contributed by atoms with Gasteiger partial charge in [-0.05, 0) is 38.8 Å². The van der Waals surface area contributed by atoms with Gasteiger partial charge >= 0.3 is 0 Å². The highest BCUT2D eigenvalue weighted by molar-refractivity contribution is 5.87. The molecule has 1 aromatic rings. The van der Waals surface area contributed by atoms with Gasteiger partial charge in [-0.2, -0.15) is 0 Å². The fraction of sp³-hybridized carbons (Fsp3) is 0.500. The molecule has 3 nitrogen and oxygen atoms in total. The van der Waals surface area contributed by atoms with Crippen molar-refractivity contribution in [2.75, 3.05) is 18.8 Å². The van der Waals surface area contributed by atoms with Crippen LogP contribution in [0.1, 0.15) is 32.3 Å². The molecular weight excluding hydrogens is 250 g/mol. The van der Waals surface area contributed by atoms with E-state index >= 15 is 0 Å². The van der Waals surface area contributed by atoms with Crippen LogP contribution >= 0.6 is 0 Å². The van der Waals surface area contributed by atoms with Crippen molar-refractivity contribution in [1.82, 2.24) is 4.90 Å². The normalized spacial score (nSPS) is 15.9. The van der Waals surface area contributed by atoms with Crippen LogP contribution in [0.2, 0.25) is 0 Å². The lowest BCUT2D eigenvalue weighted by Crippen LogP contribution is -2.43. The zero-order valence-electron chi connectivity index (χ0n) is 11.2. The van der Waals surface area contributed by atoms with E-state index in [-0.39, 0.29) is 17.2 Å². The number of nitrogens with two attached hydrogens (primary N) is 1. The van der Waals surface area contributed by atoms with Crippen molar-refractivity contribution in [1.29, 1.82) is 0 Å². The second-order valence-corrected chi connectivity index (χ2v) is 5.48. The molecule has 104 valence electrons. The van der Waals surface area contributed by atoms with E-state index in [1.54, 1.807) is 18.7 Å². The van der Waals surface area contributed by atoms with Crippen LogP contribution in [0.3, 0.4) is 0 Å². The van der Waals surface area contributed by atoms with E-state index in [2.05, 4.69) is 0 Å². The van der Waals surface area contributed by atoms with E-state index in [1.165, 1.54) is 0 Å². The molecule has 1 fully saturated rings. The summed E-state index contributed by atoms with van der Waals surface area (Å²) in [4.78, 5) is 14.1. The maximum Gasteiger partial charge on any atom is 0.232 e. The molecule has 1 amide bonds. The first-order chi connectivity index (χ1) is 8.84. The summed E-state index contributed by atoms with van der Waals surface area (Å²) in [6.07, 6.45) is 1.88. The summed E-state index contributed by atoms with van der Waals surface area (Å²) in [7, 11) is 0. The number of hydrogen-bond acceptors (Lipinski definition) is 2. The topological polar surface area (TPSA) is 46.3 Å². The number of carbonyl (C=O) groups is 1. The zero-order chi connectivity index (χ0) is 14.2. The van der Waals surface area contributed by atoms with E-state index in [0.717, 1.165) is 25.0 Å². The zero-order valence-corrected chi connectivity index (χ0v) is 11.2. The molecule has 0 spiro atoms. The summed E-state index contributed by atoms with van der Waals surface area (Å²) >= 11 is 0. The molecule has 1 saturated heterocycles. The van der Waals surface area contributed by atoms with Gasteiger partial charge in [0.2, 0.25) is 5.91 Å². The standard InChI is InChI=1S/C14H18F2N2O/c1-14(2,13(19)18-5-3-4-6-18)12-10(15)7-9(17)8-11(12)16/h7-8H,3-6,17H2,1-2H3. The third-order valence-electron chi connectivity index (χ3n) is 3.62. The van der Waals surface area contributed by atoms with Crippen LogP contribution in [0.5, 0.6) is 0 Å². The number of anilines is 1. The summed E-state index contributed by atoms with van der Waals surface area (Å²) in [6, 6.07) is 2.11. The van der Waals surface area contributed by atoms with Gasteiger partial charge in [-0.3, -0.25) is 4.79 Å². The van der Waals surface area contributed by atoms with Crippen LogP contribution in [0.25, 0.3) is 0 Å². The summed E-state index contributed by atoms with van der Waals surface area (Å²) in [6.45, 7) is 4.40. The number of likely N-dealkylation sites (tertiary alicyclic amines) is 1. The molecule has 1 aliphatic heterocycles. The SMILES string of the molecule is CC(C)(C(=O)N1CCCC1)c1c(F)cc(N)cc1F. The fourth-order valence-electron chi connectivity index (χ4n) is 2.61. The highest BCUT2D eigenvalue weighted by atomic mass is 19.1. The molecule has 0 aliphatic carbocycles. The molecule has 1 aliphatic rings. The number of halogens is 2. The van der Waals surface area contributed by atoms with Gasteiger partial charge in [0.15, 0.2) is 0 Å². The van der Waals surface area contributed by atoms with Gasteiger partial charge in [0.1, 0.15) is 11.6 Å². The first-order valence-electron chi connectivity index (χ1n) is 6.38. The summed E-state index contributed by atoms with van der Waals surface area (Å²) in [5, 5.41) is 0. The summed E-state index contributed by atoms with van der Waals surface area (Å²) in [5.41, 5.74) is 3.97. The molecule has 0 radical (unpaired) electrons. The molecule has 1 aromatic carbocycles. The summed E-state index contributed by atoms with van der Waals surface area (Å²) in [5.74, 6) is -1.78. The third kappa shape index (κ3) is 2.41. The largest absolute Gasteiger partial charge is 0.399 e. The Bertz CT molecular complexity index is 485. The lowest BCUT2D eigenvalue weighted by atomic mass is 9.82. The van der Waals surface area contributed by atoms with Crippen LogP contribution < -0.4 is 5.73 Å². The van der Waals surface area contributed by atoms with Crippen molar-refractivity contribution in [3.8, 4) is 0 Å². The molecule has 0 atom stereocenters. The van der Waals surface area contributed by atoms with Crippen LogP contribution in [-0.2, 0) is 10.2 Å². The van der Waals surface area contributed by atoms with Crippen LogP contribution in [0.4, 0.5) is 14.5 Å².